The summed E-state index contributed by atoms with van der Waals surface area (Å²) in [5, 5.41) is 0. The van der Waals surface area contributed by atoms with Crippen LogP contribution in [0.3, 0.4) is 0 Å². The molecule has 84 valence electrons. The maximum atomic E-state index is 11.2. The molecule has 0 amide bonds. The van der Waals surface area contributed by atoms with E-state index in [1.165, 1.54) is 0 Å². The molecule has 0 saturated carbocycles. The van der Waals surface area contributed by atoms with Crippen molar-refractivity contribution in [2.75, 3.05) is 0 Å². The predicted molar refractivity (Wildman–Crippen MR) is 70.9 cm³/mol. The van der Waals surface area contributed by atoms with E-state index < -0.39 is 9.05 Å². The van der Waals surface area contributed by atoms with Crippen molar-refractivity contribution in [1.82, 2.24) is 0 Å². The quantitative estimate of drug-likeness (QED) is 0.568. The van der Waals surface area contributed by atoms with Crippen LogP contribution in [-0.2, 0) is 14.5 Å². The summed E-state index contributed by atoms with van der Waals surface area (Å²) in [5.41, 5.74) is 1.10. The Bertz CT molecular complexity index is 475. The Hall–Kier alpha value is 0.190. The lowest BCUT2D eigenvalue weighted by atomic mass is 9.87. The Morgan fingerprint density at radius 1 is 1.27 bits per heavy atom. The van der Waals surface area contributed by atoms with Crippen LogP contribution in [0.1, 0.15) is 26.3 Å². The molecular weight excluding hydrogens is 347 g/mol. The summed E-state index contributed by atoms with van der Waals surface area (Å²) >= 11 is 1.99. The highest BCUT2D eigenvalue weighted by Gasteiger charge is 2.19. The van der Waals surface area contributed by atoms with Gasteiger partial charge in [-0.3, -0.25) is 0 Å². The molecule has 1 aromatic carbocycles. The highest BCUT2D eigenvalue weighted by atomic mass is 127. The summed E-state index contributed by atoms with van der Waals surface area (Å²) < 4.78 is 23.0. The molecule has 1 aromatic rings. The number of benzene rings is 1. The summed E-state index contributed by atoms with van der Waals surface area (Å²) in [6.07, 6.45) is 0. The maximum absolute atomic E-state index is 11.2. The van der Waals surface area contributed by atoms with Gasteiger partial charge in [0.1, 0.15) is 0 Å². The van der Waals surface area contributed by atoms with E-state index in [-0.39, 0.29) is 10.3 Å². The summed E-state index contributed by atoms with van der Waals surface area (Å²) in [4.78, 5) is 0.178. The number of rotatable bonds is 1. The molecule has 0 unspecified atom stereocenters. The first-order valence-corrected chi connectivity index (χ1v) is 7.76. The molecule has 15 heavy (non-hydrogen) atoms. The van der Waals surface area contributed by atoms with Crippen molar-refractivity contribution in [1.29, 1.82) is 0 Å². The van der Waals surface area contributed by atoms with Crippen molar-refractivity contribution in [3.05, 3.63) is 27.3 Å². The molecule has 0 aliphatic rings. The van der Waals surface area contributed by atoms with Gasteiger partial charge in [0.2, 0.25) is 0 Å². The van der Waals surface area contributed by atoms with Crippen molar-refractivity contribution in [3.63, 3.8) is 0 Å². The topological polar surface area (TPSA) is 34.1 Å². The normalized spacial score (nSPS) is 12.9. The highest BCUT2D eigenvalue weighted by molar-refractivity contribution is 14.1. The SMILES string of the molecule is CC(C)(C)c1ccc(S(=O)(=O)Cl)c(I)c1. The molecule has 1 rings (SSSR count). The van der Waals surface area contributed by atoms with E-state index >= 15 is 0 Å². The molecule has 0 saturated heterocycles. The highest BCUT2D eigenvalue weighted by Crippen LogP contribution is 2.28. The van der Waals surface area contributed by atoms with Gasteiger partial charge in [-0.1, -0.05) is 26.8 Å². The molecule has 2 nitrogen and oxygen atoms in total. The fourth-order valence-corrected chi connectivity index (χ4v) is 3.87. The Kier molecular flexibility index (Phi) is 3.73. The first-order chi connectivity index (χ1) is 6.62. The van der Waals surface area contributed by atoms with Crippen LogP contribution in [0.2, 0.25) is 0 Å². The third-order valence-electron chi connectivity index (χ3n) is 2.06. The average molecular weight is 359 g/mol. The van der Waals surface area contributed by atoms with Crippen molar-refractivity contribution >= 4 is 42.3 Å². The molecule has 0 atom stereocenters. The molecule has 0 aliphatic heterocycles. The third-order valence-corrected chi connectivity index (χ3v) is 4.70. The Morgan fingerprint density at radius 3 is 2.13 bits per heavy atom. The second kappa shape index (κ2) is 4.22. The van der Waals surface area contributed by atoms with Gasteiger partial charge in [-0.15, -0.1) is 0 Å². The van der Waals surface area contributed by atoms with Crippen molar-refractivity contribution in [3.8, 4) is 0 Å². The minimum atomic E-state index is -3.63. The van der Waals surface area contributed by atoms with Crippen molar-refractivity contribution in [2.45, 2.75) is 31.1 Å². The number of hydrogen-bond donors (Lipinski definition) is 0. The molecule has 5 heteroatoms. The second-order valence-corrected chi connectivity index (χ2v) is 8.03. The van der Waals surface area contributed by atoms with Gasteiger partial charge in [-0.2, -0.15) is 0 Å². The molecule has 0 radical (unpaired) electrons. The third kappa shape index (κ3) is 3.32. The predicted octanol–water partition coefficient (Wildman–Crippen LogP) is 3.52. The molecular formula is C10H12ClIO2S. The Morgan fingerprint density at radius 2 is 1.80 bits per heavy atom. The molecule has 0 bridgehead atoms. The molecule has 0 N–H and O–H groups in total. The van der Waals surface area contributed by atoms with Gasteiger partial charge in [0.15, 0.2) is 0 Å². The zero-order valence-electron chi connectivity index (χ0n) is 8.71. The summed E-state index contributed by atoms with van der Waals surface area (Å²) in [7, 11) is 1.67. The van der Waals surface area contributed by atoms with E-state index in [0.29, 0.717) is 3.57 Å². The van der Waals surface area contributed by atoms with Crippen LogP contribution in [0.15, 0.2) is 23.1 Å². The van der Waals surface area contributed by atoms with Gasteiger partial charge in [-0.05, 0) is 45.7 Å². The van der Waals surface area contributed by atoms with E-state index in [4.69, 9.17) is 10.7 Å². The van der Waals surface area contributed by atoms with E-state index in [1.54, 1.807) is 12.1 Å². The summed E-state index contributed by atoms with van der Waals surface area (Å²) in [6.45, 7) is 6.23. The van der Waals surface area contributed by atoms with Gasteiger partial charge in [0.25, 0.3) is 9.05 Å². The maximum Gasteiger partial charge on any atom is 0.262 e. The molecule has 0 aliphatic carbocycles. The molecule has 0 heterocycles. The van der Waals surface area contributed by atoms with Crippen LogP contribution >= 0.6 is 33.3 Å². The zero-order valence-corrected chi connectivity index (χ0v) is 12.4. The monoisotopic (exact) mass is 358 g/mol. The minimum Gasteiger partial charge on any atom is -0.207 e. The van der Waals surface area contributed by atoms with Gasteiger partial charge >= 0.3 is 0 Å². The lowest BCUT2D eigenvalue weighted by Crippen LogP contribution is -2.11. The van der Waals surface area contributed by atoms with Gasteiger partial charge in [0, 0.05) is 14.3 Å². The summed E-state index contributed by atoms with van der Waals surface area (Å²) in [5.74, 6) is 0. The first kappa shape index (κ1) is 13.3. The fraction of sp³-hybridized carbons (Fsp3) is 0.400. The number of halogens is 2. The smallest absolute Gasteiger partial charge is 0.207 e. The Balaban J connectivity index is 3.34. The standard InChI is InChI=1S/C10H12ClIO2S/c1-10(2,3)7-4-5-9(8(12)6-7)15(11,13)14/h4-6H,1-3H3. The van der Waals surface area contributed by atoms with Crippen LogP contribution in [0.5, 0.6) is 0 Å². The van der Waals surface area contributed by atoms with Crippen molar-refractivity contribution in [2.24, 2.45) is 0 Å². The Labute approximate surface area is 109 Å². The molecule has 0 fully saturated rings. The van der Waals surface area contributed by atoms with Crippen LogP contribution in [0.25, 0.3) is 0 Å². The molecule has 0 aromatic heterocycles. The fourth-order valence-electron chi connectivity index (χ4n) is 1.17. The van der Waals surface area contributed by atoms with E-state index in [0.717, 1.165) is 5.56 Å². The largest absolute Gasteiger partial charge is 0.262 e. The summed E-state index contributed by atoms with van der Waals surface area (Å²) in [6, 6.07) is 5.22. The van der Waals surface area contributed by atoms with Crippen LogP contribution in [-0.4, -0.2) is 8.42 Å². The van der Waals surface area contributed by atoms with Crippen molar-refractivity contribution < 1.29 is 8.42 Å². The van der Waals surface area contributed by atoms with Gasteiger partial charge < -0.3 is 0 Å². The first-order valence-electron chi connectivity index (χ1n) is 4.37. The number of hydrogen-bond acceptors (Lipinski definition) is 2. The van der Waals surface area contributed by atoms with E-state index in [9.17, 15) is 8.42 Å². The van der Waals surface area contributed by atoms with Crippen LogP contribution < -0.4 is 0 Å². The van der Waals surface area contributed by atoms with Crippen LogP contribution in [0, 0.1) is 3.57 Å². The zero-order chi connectivity index (χ0) is 11.9. The van der Waals surface area contributed by atoms with Gasteiger partial charge in [-0.25, -0.2) is 8.42 Å². The average Bonchev–Trinajstić information content (AvgIpc) is 1.99. The van der Waals surface area contributed by atoms with E-state index in [1.807, 2.05) is 28.7 Å². The van der Waals surface area contributed by atoms with Gasteiger partial charge in [0.05, 0.1) is 4.90 Å². The van der Waals surface area contributed by atoms with Crippen LogP contribution in [0.4, 0.5) is 0 Å². The second-order valence-electron chi connectivity index (χ2n) is 4.33. The van der Waals surface area contributed by atoms with E-state index in [2.05, 4.69) is 20.8 Å². The lowest BCUT2D eigenvalue weighted by Gasteiger charge is -2.19. The molecule has 0 spiro atoms. The lowest BCUT2D eigenvalue weighted by molar-refractivity contribution is 0.587. The minimum absolute atomic E-state index is 0.00846.